The zero-order valence-corrected chi connectivity index (χ0v) is 11.8. The lowest BCUT2D eigenvalue weighted by Gasteiger charge is -2.29. The van der Waals surface area contributed by atoms with E-state index in [1.54, 1.807) is 7.11 Å². The van der Waals surface area contributed by atoms with Crippen molar-refractivity contribution in [2.75, 3.05) is 19.4 Å². The standard InChI is InChI=1S/C17H20N2O/c1-20-17-7-4-14-8-9-19(12-15(14)10-17)11-13-2-5-16(18)6-3-13/h2-7,10H,8-9,11-12,18H2,1H3. The van der Waals surface area contributed by atoms with Gasteiger partial charge in [0.15, 0.2) is 0 Å². The van der Waals surface area contributed by atoms with Gasteiger partial charge in [0.1, 0.15) is 5.75 Å². The predicted octanol–water partition coefficient (Wildman–Crippen LogP) is 2.84. The van der Waals surface area contributed by atoms with Crippen LogP contribution in [0.1, 0.15) is 16.7 Å². The average Bonchev–Trinajstić information content (AvgIpc) is 2.49. The lowest BCUT2D eigenvalue weighted by atomic mass is 9.99. The molecule has 2 aromatic rings. The average molecular weight is 268 g/mol. The molecule has 3 heteroatoms. The van der Waals surface area contributed by atoms with E-state index in [-0.39, 0.29) is 0 Å². The molecule has 2 N–H and O–H groups in total. The Kier molecular flexibility index (Phi) is 3.61. The minimum absolute atomic E-state index is 0.822. The van der Waals surface area contributed by atoms with E-state index in [1.165, 1.54) is 16.7 Å². The third-order valence-electron chi connectivity index (χ3n) is 3.89. The SMILES string of the molecule is COc1ccc2c(c1)CN(Cc1ccc(N)cc1)CC2. The summed E-state index contributed by atoms with van der Waals surface area (Å²) in [5.74, 6) is 0.943. The van der Waals surface area contributed by atoms with Crippen molar-refractivity contribution < 1.29 is 4.74 Å². The third-order valence-corrected chi connectivity index (χ3v) is 3.89. The number of nitrogen functional groups attached to an aromatic ring is 1. The van der Waals surface area contributed by atoms with Crippen LogP contribution >= 0.6 is 0 Å². The van der Waals surface area contributed by atoms with Gasteiger partial charge in [0.05, 0.1) is 7.11 Å². The molecule has 0 radical (unpaired) electrons. The van der Waals surface area contributed by atoms with Crippen LogP contribution in [0.2, 0.25) is 0 Å². The predicted molar refractivity (Wildman–Crippen MR) is 81.7 cm³/mol. The van der Waals surface area contributed by atoms with Gasteiger partial charge in [-0.05, 0) is 47.4 Å². The van der Waals surface area contributed by atoms with Crippen molar-refractivity contribution in [3.05, 3.63) is 59.2 Å². The maximum atomic E-state index is 5.73. The molecular formula is C17H20N2O. The molecule has 0 saturated heterocycles. The minimum atomic E-state index is 0.822. The molecule has 0 amide bonds. The molecule has 20 heavy (non-hydrogen) atoms. The zero-order valence-electron chi connectivity index (χ0n) is 11.8. The normalized spacial score (nSPS) is 14.8. The Morgan fingerprint density at radius 3 is 2.65 bits per heavy atom. The van der Waals surface area contributed by atoms with E-state index in [0.29, 0.717) is 0 Å². The van der Waals surface area contributed by atoms with Gasteiger partial charge < -0.3 is 10.5 Å². The summed E-state index contributed by atoms with van der Waals surface area (Å²) < 4.78 is 5.31. The molecule has 104 valence electrons. The van der Waals surface area contributed by atoms with Gasteiger partial charge in [-0.1, -0.05) is 18.2 Å². The van der Waals surface area contributed by atoms with Crippen molar-refractivity contribution in [3.8, 4) is 5.75 Å². The molecule has 0 aliphatic carbocycles. The molecule has 2 aromatic carbocycles. The fourth-order valence-electron chi connectivity index (χ4n) is 2.74. The van der Waals surface area contributed by atoms with E-state index in [0.717, 1.165) is 37.5 Å². The van der Waals surface area contributed by atoms with Crippen molar-refractivity contribution in [1.82, 2.24) is 4.90 Å². The molecule has 1 heterocycles. The van der Waals surface area contributed by atoms with Gasteiger partial charge in [0, 0.05) is 25.3 Å². The molecule has 0 spiro atoms. The van der Waals surface area contributed by atoms with E-state index >= 15 is 0 Å². The first-order valence-corrected chi connectivity index (χ1v) is 6.97. The number of methoxy groups -OCH3 is 1. The highest BCUT2D eigenvalue weighted by molar-refractivity contribution is 5.40. The van der Waals surface area contributed by atoms with E-state index in [2.05, 4.69) is 35.2 Å². The summed E-state index contributed by atoms with van der Waals surface area (Å²) in [7, 11) is 1.72. The highest BCUT2D eigenvalue weighted by Gasteiger charge is 2.16. The third kappa shape index (κ3) is 2.78. The van der Waals surface area contributed by atoms with Gasteiger partial charge in [-0.3, -0.25) is 4.90 Å². The molecule has 0 fully saturated rings. The second-order valence-electron chi connectivity index (χ2n) is 5.34. The van der Waals surface area contributed by atoms with Crippen molar-refractivity contribution in [2.24, 2.45) is 0 Å². The zero-order chi connectivity index (χ0) is 13.9. The van der Waals surface area contributed by atoms with E-state index in [1.807, 2.05) is 12.1 Å². The van der Waals surface area contributed by atoms with E-state index in [4.69, 9.17) is 10.5 Å². The maximum absolute atomic E-state index is 5.73. The highest BCUT2D eigenvalue weighted by Crippen LogP contribution is 2.24. The fourth-order valence-corrected chi connectivity index (χ4v) is 2.74. The summed E-state index contributed by atoms with van der Waals surface area (Å²) in [5.41, 5.74) is 10.7. The summed E-state index contributed by atoms with van der Waals surface area (Å²) in [5, 5.41) is 0. The van der Waals surface area contributed by atoms with E-state index in [9.17, 15) is 0 Å². The Bertz CT molecular complexity index is 592. The molecular weight excluding hydrogens is 248 g/mol. The Morgan fingerprint density at radius 1 is 1.10 bits per heavy atom. The van der Waals surface area contributed by atoms with Crippen LogP contribution in [0.5, 0.6) is 5.75 Å². The van der Waals surface area contributed by atoms with E-state index < -0.39 is 0 Å². The van der Waals surface area contributed by atoms with Gasteiger partial charge in [-0.2, -0.15) is 0 Å². The molecule has 3 nitrogen and oxygen atoms in total. The highest BCUT2D eigenvalue weighted by atomic mass is 16.5. The largest absolute Gasteiger partial charge is 0.497 e. The lowest BCUT2D eigenvalue weighted by Crippen LogP contribution is -2.30. The van der Waals surface area contributed by atoms with Crippen LogP contribution in [0.4, 0.5) is 5.69 Å². The number of nitrogens with two attached hydrogens (primary N) is 1. The van der Waals surface area contributed by atoms with Crippen molar-refractivity contribution in [1.29, 1.82) is 0 Å². The molecule has 0 bridgehead atoms. The number of hydrogen-bond acceptors (Lipinski definition) is 3. The topological polar surface area (TPSA) is 38.5 Å². The maximum Gasteiger partial charge on any atom is 0.119 e. The molecule has 0 atom stereocenters. The molecule has 3 rings (SSSR count). The van der Waals surface area contributed by atoms with Crippen LogP contribution in [0.25, 0.3) is 0 Å². The van der Waals surface area contributed by atoms with Crippen LogP contribution in [0.3, 0.4) is 0 Å². The first-order chi connectivity index (χ1) is 9.74. The van der Waals surface area contributed by atoms with Crippen LogP contribution in [0.15, 0.2) is 42.5 Å². The molecule has 1 aliphatic heterocycles. The number of fused-ring (bicyclic) bond motifs is 1. The summed E-state index contributed by atoms with van der Waals surface area (Å²) in [6.07, 6.45) is 1.11. The van der Waals surface area contributed by atoms with Crippen molar-refractivity contribution in [2.45, 2.75) is 19.5 Å². The number of rotatable bonds is 3. The molecule has 0 unspecified atom stereocenters. The Labute approximate surface area is 120 Å². The minimum Gasteiger partial charge on any atom is -0.497 e. The van der Waals surface area contributed by atoms with Crippen LogP contribution in [-0.2, 0) is 19.5 Å². The lowest BCUT2D eigenvalue weighted by molar-refractivity contribution is 0.245. The van der Waals surface area contributed by atoms with Gasteiger partial charge in [-0.15, -0.1) is 0 Å². The first kappa shape index (κ1) is 13.0. The number of anilines is 1. The number of hydrogen-bond donors (Lipinski definition) is 1. The second kappa shape index (κ2) is 5.55. The van der Waals surface area contributed by atoms with Gasteiger partial charge in [-0.25, -0.2) is 0 Å². The summed E-state index contributed by atoms with van der Waals surface area (Å²) in [6, 6.07) is 14.5. The second-order valence-corrected chi connectivity index (χ2v) is 5.34. The molecule has 0 aromatic heterocycles. The Morgan fingerprint density at radius 2 is 1.90 bits per heavy atom. The molecule has 1 aliphatic rings. The summed E-state index contributed by atoms with van der Waals surface area (Å²) in [4.78, 5) is 2.47. The van der Waals surface area contributed by atoms with Crippen molar-refractivity contribution in [3.63, 3.8) is 0 Å². The van der Waals surface area contributed by atoms with Crippen molar-refractivity contribution >= 4 is 5.69 Å². The fraction of sp³-hybridized carbons (Fsp3) is 0.294. The van der Waals surface area contributed by atoms with Gasteiger partial charge in [0.25, 0.3) is 0 Å². The number of nitrogens with zero attached hydrogens (tertiary/aromatic N) is 1. The van der Waals surface area contributed by atoms with Crippen LogP contribution < -0.4 is 10.5 Å². The first-order valence-electron chi connectivity index (χ1n) is 6.97. The van der Waals surface area contributed by atoms with Crippen LogP contribution in [0, 0.1) is 0 Å². The number of ether oxygens (including phenoxy) is 1. The van der Waals surface area contributed by atoms with Crippen LogP contribution in [-0.4, -0.2) is 18.6 Å². The Balaban J connectivity index is 1.73. The smallest absolute Gasteiger partial charge is 0.119 e. The quantitative estimate of drug-likeness (QED) is 0.870. The summed E-state index contributed by atoms with van der Waals surface area (Å²) in [6.45, 7) is 3.05. The monoisotopic (exact) mass is 268 g/mol. The Hall–Kier alpha value is -2.00. The summed E-state index contributed by atoms with van der Waals surface area (Å²) >= 11 is 0. The molecule has 0 saturated carbocycles. The van der Waals surface area contributed by atoms with Gasteiger partial charge >= 0.3 is 0 Å². The van der Waals surface area contributed by atoms with Gasteiger partial charge in [0.2, 0.25) is 0 Å². The number of benzene rings is 2.